The zero-order chi connectivity index (χ0) is 12.3. The Bertz CT molecular complexity index is 407. The van der Waals surface area contributed by atoms with Gasteiger partial charge in [0.05, 0.1) is 6.04 Å². The molecule has 2 N–H and O–H groups in total. The van der Waals surface area contributed by atoms with Gasteiger partial charge in [0, 0.05) is 6.07 Å². The van der Waals surface area contributed by atoms with Gasteiger partial charge >= 0.3 is 11.9 Å². The molecule has 0 radical (unpaired) electrons. The Morgan fingerprint density at radius 2 is 1.88 bits per heavy atom. The molecular weight excluding hydrogens is 212 g/mol. The number of rotatable bonds is 5. The van der Waals surface area contributed by atoms with Crippen molar-refractivity contribution in [3.05, 3.63) is 17.5 Å². The van der Waals surface area contributed by atoms with Gasteiger partial charge in [0.1, 0.15) is 5.69 Å². The van der Waals surface area contributed by atoms with Crippen molar-refractivity contribution in [2.24, 2.45) is 0 Å². The predicted octanol–water partition coefficient (Wildman–Crippen LogP) is 1.64. The van der Waals surface area contributed by atoms with Crippen molar-refractivity contribution in [3.8, 4) is 0 Å². The first-order valence-corrected chi connectivity index (χ1v) is 5.07. The van der Waals surface area contributed by atoms with Gasteiger partial charge in [0.15, 0.2) is 5.69 Å². The predicted molar refractivity (Wildman–Crippen MR) is 55.8 cm³/mol. The topological polar surface area (TPSA) is 92.4 Å². The van der Waals surface area contributed by atoms with Crippen LogP contribution in [0.25, 0.3) is 0 Å². The SMILES string of the molecule is CCC(CC)n1nc(C(=O)O)cc1C(=O)O. The molecule has 0 aromatic carbocycles. The van der Waals surface area contributed by atoms with Crippen LogP contribution in [0.1, 0.15) is 53.7 Å². The van der Waals surface area contributed by atoms with Gasteiger partial charge in [-0.25, -0.2) is 9.59 Å². The van der Waals surface area contributed by atoms with Gasteiger partial charge in [-0.2, -0.15) is 5.10 Å². The van der Waals surface area contributed by atoms with Crippen molar-refractivity contribution >= 4 is 11.9 Å². The van der Waals surface area contributed by atoms with Crippen LogP contribution in [0.3, 0.4) is 0 Å². The molecule has 1 heterocycles. The third kappa shape index (κ3) is 2.21. The zero-order valence-corrected chi connectivity index (χ0v) is 9.17. The summed E-state index contributed by atoms with van der Waals surface area (Å²) in [5.41, 5.74) is -0.310. The molecule has 0 unspecified atom stereocenters. The highest BCUT2D eigenvalue weighted by Crippen LogP contribution is 2.18. The third-order valence-corrected chi connectivity index (χ3v) is 2.46. The molecule has 0 saturated heterocycles. The molecule has 0 aliphatic carbocycles. The molecule has 0 bridgehead atoms. The highest BCUT2D eigenvalue weighted by molar-refractivity contribution is 5.91. The Hall–Kier alpha value is -1.85. The molecule has 0 spiro atoms. The van der Waals surface area contributed by atoms with Crippen molar-refractivity contribution in [2.75, 3.05) is 0 Å². The number of carboxylic acids is 2. The molecule has 6 heteroatoms. The Morgan fingerprint density at radius 1 is 1.31 bits per heavy atom. The van der Waals surface area contributed by atoms with E-state index in [1.807, 2.05) is 13.8 Å². The second kappa shape index (κ2) is 4.78. The van der Waals surface area contributed by atoms with Crippen LogP contribution in [0.15, 0.2) is 6.07 Å². The Balaban J connectivity index is 3.24. The maximum absolute atomic E-state index is 10.9. The summed E-state index contributed by atoms with van der Waals surface area (Å²) < 4.78 is 1.28. The number of aromatic carboxylic acids is 2. The Labute approximate surface area is 92.5 Å². The normalized spacial score (nSPS) is 10.7. The summed E-state index contributed by atoms with van der Waals surface area (Å²) in [6, 6.07) is 1.00. The number of hydrogen-bond acceptors (Lipinski definition) is 3. The lowest BCUT2D eigenvalue weighted by Crippen LogP contribution is -2.15. The number of nitrogens with zero attached hydrogens (tertiary/aromatic N) is 2. The van der Waals surface area contributed by atoms with Crippen LogP contribution < -0.4 is 0 Å². The third-order valence-electron chi connectivity index (χ3n) is 2.46. The van der Waals surface area contributed by atoms with Gasteiger partial charge in [-0.05, 0) is 12.8 Å². The number of carbonyl (C=O) groups is 2. The highest BCUT2D eigenvalue weighted by atomic mass is 16.4. The van der Waals surface area contributed by atoms with E-state index in [0.717, 1.165) is 6.07 Å². The quantitative estimate of drug-likeness (QED) is 0.796. The summed E-state index contributed by atoms with van der Waals surface area (Å²) in [5, 5.41) is 21.5. The van der Waals surface area contributed by atoms with Gasteiger partial charge in [-0.3, -0.25) is 4.68 Å². The Morgan fingerprint density at radius 3 is 2.25 bits per heavy atom. The van der Waals surface area contributed by atoms with Crippen LogP contribution in [0, 0.1) is 0 Å². The summed E-state index contributed by atoms with van der Waals surface area (Å²) >= 11 is 0. The fraction of sp³-hybridized carbons (Fsp3) is 0.500. The average Bonchev–Trinajstić information content (AvgIpc) is 2.64. The summed E-state index contributed by atoms with van der Waals surface area (Å²) in [6.07, 6.45) is 1.41. The molecule has 0 atom stereocenters. The largest absolute Gasteiger partial charge is 0.477 e. The van der Waals surface area contributed by atoms with E-state index in [1.165, 1.54) is 4.68 Å². The first kappa shape index (κ1) is 12.2. The second-order valence-corrected chi connectivity index (χ2v) is 3.44. The van der Waals surface area contributed by atoms with Crippen LogP contribution >= 0.6 is 0 Å². The zero-order valence-electron chi connectivity index (χ0n) is 9.17. The highest BCUT2D eigenvalue weighted by Gasteiger charge is 2.21. The molecule has 0 fully saturated rings. The molecule has 1 aromatic rings. The van der Waals surface area contributed by atoms with Crippen molar-refractivity contribution < 1.29 is 19.8 Å². The lowest BCUT2D eigenvalue weighted by molar-refractivity contribution is 0.0672. The minimum absolute atomic E-state index is 0.0777. The van der Waals surface area contributed by atoms with Crippen molar-refractivity contribution in [1.29, 1.82) is 0 Å². The first-order valence-electron chi connectivity index (χ1n) is 5.07. The van der Waals surface area contributed by atoms with Crippen molar-refractivity contribution in [2.45, 2.75) is 32.7 Å². The summed E-state index contributed by atoms with van der Waals surface area (Å²) in [6.45, 7) is 3.81. The van der Waals surface area contributed by atoms with Crippen LogP contribution in [-0.4, -0.2) is 31.9 Å². The van der Waals surface area contributed by atoms with E-state index >= 15 is 0 Å². The van der Waals surface area contributed by atoms with Gasteiger partial charge in [-0.15, -0.1) is 0 Å². The van der Waals surface area contributed by atoms with Gasteiger partial charge in [0.2, 0.25) is 0 Å². The lowest BCUT2D eigenvalue weighted by Gasteiger charge is -2.14. The van der Waals surface area contributed by atoms with E-state index in [0.29, 0.717) is 12.8 Å². The van der Waals surface area contributed by atoms with Gasteiger partial charge < -0.3 is 10.2 Å². The molecule has 0 aliphatic heterocycles. The van der Waals surface area contributed by atoms with Crippen molar-refractivity contribution in [3.63, 3.8) is 0 Å². The maximum atomic E-state index is 10.9. The van der Waals surface area contributed by atoms with Gasteiger partial charge in [-0.1, -0.05) is 13.8 Å². The van der Waals surface area contributed by atoms with E-state index in [4.69, 9.17) is 10.2 Å². The minimum atomic E-state index is -1.22. The molecule has 0 amide bonds. The molecule has 0 aliphatic rings. The van der Waals surface area contributed by atoms with Crippen LogP contribution in [-0.2, 0) is 0 Å². The van der Waals surface area contributed by atoms with Crippen molar-refractivity contribution in [1.82, 2.24) is 9.78 Å². The molecule has 1 rings (SSSR count). The van der Waals surface area contributed by atoms with E-state index in [2.05, 4.69) is 5.10 Å². The fourth-order valence-electron chi connectivity index (χ4n) is 1.57. The fourth-order valence-corrected chi connectivity index (χ4v) is 1.57. The van der Waals surface area contributed by atoms with Crippen LogP contribution in [0.5, 0.6) is 0 Å². The number of aromatic nitrogens is 2. The summed E-state index contributed by atoms with van der Waals surface area (Å²) in [5.74, 6) is -2.38. The second-order valence-electron chi connectivity index (χ2n) is 3.44. The van der Waals surface area contributed by atoms with E-state index in [1.54, 1.807) is 0 Å². The molecule has 0 saturated carbocycles. The lowest BCUT2D eigenvalue weighted by atomic mass is 10.2. The Kier molecular flexibility index (Phi) is 3.65. The molecule has 1 aromatic heterocycles. The van der Waals surface area contributed by atoms with Gasteiger partial charge in [0.25, 0.3) is 0 Å². The molecular formula is C10H14N2O4. The average molecular weight is 226 g/mol. The monoisotopic (exact) mass is 226 g/mol. The first-order chi connectivity index (χ1) is 7.51. The number of carboxylic acid groups (broad SMARTS) is 2. The van der Waals surface area contributed by atoms with Crippen LogP contribution in [0.2, 0.25) is 0 Å². The minimum Gasteiger partial charge on any atom is -0.477 e. The smallest absolute Gasteiger partial charge is 0.356 e. The van der Waals surface area contributed by atoms with Crippen LogP contribution in [0.4, 0.5) is 0 Å². The molecule has 88 valence electrons. The summed E-state index contributed by atoms with van der Waals surface area (Å²) in [4.78, 5) is 21.7. The summed E-state index contributed by atoms with van der Waals surface area (Å²) in [7, 11) is 0. The van der Waals surface area contributed by atoms with E-state index < -0.39 is 11.9 Å². The molecule has 16 heavy (non-hydrogen) atoms. The standard InChI is InChI=1S/C10H14N2O4/c1-3-6(4-2)12-8(10(15)16)5-7(11-12)9(13)14/h5-6H,3-4H2,1-2H3,(H,13,14)(H,15,16). The maximum Gasteiger partial charge on any atom is 0.356 e. The van der Waals surface area contributed by atoms with E-state index in [9.17, 15) is 9.59 Å². The molecule has 6 nitrogen and oxygen atoms in total. The number of hydrogen-bond donors (Lipinski definition) is 2. The van der Waals surface area contributed by atoms with E-state index in [-0.39, 0.29) is 17.4 Å².